The van der Waals surface area contributed by atoms with Crippen LogP contribution in [0.3, 0.4) is 0 Å². The molecular weight excluding hydrogens is 384 g/mol. The number of rotatable bonds is 10. The van der Waals surface area contributed by atoms with Gasteiger partial charge in [-0.3, -0.25) is 4.79 Å². The molecule has 2 aromatic rings. The van der Waals surface area contributed by atoms with Crippen LogP contribution < -0.4 is 14.8 Å². The summed E-state index contributed by atoms with van der Waals surface area (Å²) >= 11 is 0. The van der Waals surface area contributed by atoms with Crippen molar-refractivity contribution in [3.05, 3.63) is 54.1 Å². The summed E-state index contributed by atoms with van der Waals surface area (Å²) in [6.45, 7) is 0.871. The van der Waals surface area contributed by atoms with Crippen molar-refractivity contribution in [3.63, 3.8) is 0 Å². The van der Waals surface area contributed by atoms with Crippen molar-refractivity contribution in [1.29, 1.82) is 0 Å². The summed E-state index contributed by atoms with van der Waals surface area (Å²) in [4.78, 5) is 24.2. The van der Waals surface area contributed by atoms with Crippen molar-refractivity contribution < 1.29 is 32.6 Å². The van der Waals surface area contributed by atoms with Gasteiger partial charge in [0.1, 0.15) is 11.5 Å². The van der Waals surface area contributed by atoms with Crippen LogP contribution in [-0.4, -0.2) is 31.2 Å². The standard InChI is InChI=1S/C21H23F2NO5/c1-3-4-13-27-20(26)15-9-11-16(12-10-15)28-14(2)19(25)24-17-7-5-6-8-18(17)29-21(22)23/h5-12,14,21H,3-4,13H2,1-2H3,(H,24,25)/t14-/m1/s1. The maximum atomic E-state index is 12.5. The number of para-hydroxylation sites is 2. The van der Waals surface area contributed by atoms with Crippen LogP contribution in [0.2, 0.25) is 0 Å². The number of nitrogens with one attached hydrogen (secondary N) is 1. The molecule has 0 radical (unpaired) electrons. The number of halogens is 2. The number of ether oxygens (including phenoxy) is 3. The summed E-state index contributed by atoms with van der Waals surface area (Å²) in [6, 6.07) is 12.1. The summed E-state index contributed by atoms with van der Waals surface area (Å²) in [5, 5.41) is 2.50. The van der Waals surface area contributed by atoms with Crippen molar-refractivity contribution in [2.75, 3.05) is 11.9 Å². The van der Waals surface area contributed by atoms with Crippen molar-refractivity contribution in [2.45, 2.75) is 39.4 Å². The SMILES string of the molecule is CCCCOC(=O)c1ccc(O[C@H](C)C(=O)Nc2ccccc2OC(F)F)cc1. The number of benzene rings is 2. The third-order valence-corrected chi connectivity index (χ3v) is 3.86. The number of alkyl halides is 2. The number of unbranched alkanes of at least 4 members (excludes halogenated alkanes) is 1. The molecule has 29 heavy (non-hydrogen) atoms. The first-order valence-corrected chi connectivity index (χ1v) is 9.19. The van der Waals surface area contributed by atoms with E-state index >= 15 is 0 Å². The number of amides is 1. The van der Waals surface area contributed by atoms with Crippen LogP contribution in [0.25, 0.3) is 0 Å². The second-order valence-electron chi connectivity index (χ2n) is 6.14. The minimum atomic E-state index is -3.01. The molecule has 0 aromatic heterocycles. The zero-order chi connectivity index (χ0) is 21.2. The highest BCUT2D eigenvalue weighted by atomic mass is 19.3. The summed E-state index contributed by atoms with van der Waals surface area (Å²) in [5.41, 5.74) is 0.488. The van der Waals surface area contributed by atoms with Gasteiger partial charge >= 0.3 is 12.6 Å². The molecular formula is C21H23F2NO5. The molecule has 0 saturated carbocycles. The van der Waals surface area contributed by atoms with Crippen LogP contribution in [0.15, 0.2) is 48.5 Å². The highest BCUT2D eigenvalue weighted by Gasteiger charge is 2.18. The number of esters is 1. The van der Waals surface area contributed by atoms with E-state index in [0.717, 1.165) is 12.8 Å². The van der Waals surface area contributed by atoms with E-state index in [4.69, 9.17) is 9.47 Å². The second-order valence-corrected chi connectivity index (χ2v) is 6.14. The summed E-state index contributed by atoms with van der Waals surface area (Å²) < 4.78 is 40.0. The largest absolute Gasteiger partial charge is 0.481 e. The van der Waals surface area contributed by atoms with E-state index in [1.165, 1.54) is 25.1 Å². The maximum absolute atomic E-state index is 12.5. The van der Waals surface area contributed by atoms with Crippen molar-refractivity contribution in [1.82, 2.24) is 0 Å². The molecule has 0 aliphatic rings. The Kier molecular flexibility index (Phi) is 8.39. The molecule has 8 heteroatoms. The van der Waals surface area contributed by atoms with Gasteiger partial charge in [-0.05, 0) is 49.7 Å². The lowest BCUT2D eigenvalue weighted by atomic mass is 10.2. The van der Waals surface area contributed by atoms with Crippen molar-refractivity contribution >= 4 is 17.6 Å². The molecule has 6 nitrogen and oxygen atoms in total. The summed E-state index contributed by atoms with van der Waals surface area (Å²) in [7, 11) is 0. The quantitative estimate of drug-likeness (QED) is 0.458. The normalized spacial score (nSPS) is 11.6. The Balaban J connectivity index is 1.94. The van der Waals surface area contributed by atoms with Gasteiger partial charge in [0, 0.05) is 0 Å². The van der Waals surface area contributed by atoms with Crippen LogP contribution in [0, 0.1) is 0 Å². The maximum Gasteiger partial charge on any atom is 0.387 e. The lowest BCUT2D eigenvalue weighted by molar-refractivity contribution is -0.122. The molecule has 0 aliphatic carbocycles. The van der Waals surface area contributed by atoms with Crippen LogP contribution in [0.5, 0.6) is 11.5 Å². The Labute approximate surface area is 167 Å². The molecule has 2 rings (SSSR count). The van der Waals surface area contributed by atoms with E-state index in [0.29, 0.717) is 17.9 Å². The van der Waals surface area contributed by atoms with E-state index in [-0.39, 0.29) is 11.4 Å². The van der Waals surface area contributed by atoms with Gasteiger partial charge in [0.15, 0.2) is 6.10 Å². The predicted molar refractivity (Wildman–Crippen MR) is 103 cm³/mol. The Morgan fingerprint density at radius 3 is 2.38 bits per heavy atom. The van der Waals surface area contributed by atoms with Gasteiger partial charge in [-0.25, -0.2) is 4.79 Å². The highest BCUT2D eigenvalue weighted by Crippen LogP contribution is 2.26. The number of hydrogen-bond donors (Lipinski definition) is 1. The summed E-state index contributed by atoms with van der Waals surface area (Å²) in [6.07, 6.45) is 0.807. The van der Waals surface area contributed by atoms with Gasteiger partial charge in [-0.1, -0.05) is 25.5 Å². The number of anilines is 1. The Morgan fingerprint density at radius 2 is 1.72 bits per heavy atom. The average Bonchev–Trinajstić information content (AvgIpc) is 2.69. The monoisotopic (exact) mass is 407 g/mol. The molecule has 1 N–H and O–H groups in total. The third kappa shape index (κ3) is 7.06. The molecule has 156 valence electrons. The zero-order valence-electron chi connectivity index (χ0n) is 16.2. The summed E-state index contributed by atoms with van der Waals surface area (Å²) in [5.74, 6) is -0.742. The number of hydrogen-bond acceptors (Lipinski definition) is 5. The van der Waals surface area contributed by atoms with Gasteiger partial charge in [0.25, 0.3) is 5.91 Å². The van der Waals surface area contributed by atoms with Crippen LogP contribution in [-0.2, 0) is 9.53 Å². The van der Waals surface area contributed by atoms with Crippen LogP contribution in [0.4, 0.5) is 14.5 Å². The zero-order valence-corrected chi connectivity index (χ0v) is 16.2. The number of carbonyl (C=O) groups excluding carboxylic acids is 2. The molecule has 0 heterocycles. The molecule has 1 amide bonds. The lowest BCUT2D eigenvalue weighted by Gasteiger charge is -2.16. The van der Waals surface area contributed by atoms with Gasteiger partial charge in [-0.15, -0.1) is 0 Å². The lowest BCUT2D eigenvalue weighted by Crippen LogP contribution is -2.30. The average molecular weight is 407 g/mol. The highest BCUT2D eigenvalue weighted by molar-refractivity contribution is 5.95. The van der Waals surface area contributed by atoms with Crippen LogP contribution >= 0.6 is 0 Å². The molecule has 0 spiro atoms. The van der Waals surface area contributed by atoms with Gasteiger partial charge in [0.2, 0.25) is 0 Å². The Hall–Kier alpha value is -3.16. The van der Waals surface area contributed by atoms with Crippen molar-refractivity contribution in [3.8, 4) is 11.5 Å². The Morgan fingerprint density at radius 1 is 1.03 bits per heavy atom. The third-order valence-electron chi connectivity index (χ3n) is 3.86. The molecule has 0 fully saturated rings. The Bertz CT molecular complexity index is 811. The van der Waals surface area contributed by atoms with E-state index in [1.807, 2.05) is 6.92 Å². The molecule has 2 aromatic carbocycles. The first kappa shape index (κ1) is 22.1. The second kappa shape index (κ2) is 11.0. The van der Waals surface area contributed by atoms with Crippen LogP contribution in [0.1, 0.15) is 37.0 Å². The van der Waals surface area contributed by atoms with E-state index in [1.54, 1.807) is 30.3 Å². The topological polar surface area (TPSA) is 73.9 Å². The molecule has 0 unspecified atom stereocenters. The minimum Gasteiger partial charge on any atom is -0.481 e. The fourth-order valence-corrected chi connectivity index (χ4v) is 2.32. The first-order chi connectivity index (χ1) is 13.9. The van der Waals surface area contributed by atoms with E-state index < -0.39 is 24.6 Å². The predicted octanol–water partition coefficient (Wildman–Crippen LogP) is 4.65. The van der Waals surface area contributed by atoms with Gasteiger partial charge in [0.05, 0.1) is 17.9 Å². The molecule has 0 saturated heterocycles. The molecule has 0 bridgehead atoms. The number of carbonyl (C=O) groups is 2. The fraction of sp³-hybridized carbons (Fsp3) is 0.333. The van der Waals surface area contributed by atoms with E-state index in [9.17, 15) is 18.4 Å². The first-order valence-electron chi connectivity index (χ1n) is 9.19. The van der Waals surface area contributed by atoms with E-state index in [2.05, 4.69) is 10.1 Å². The molecule has 1 atom stereocenters. The minimum absolute atomic E-state index is 0.110. The smallest absolute Gasteiger partial charge is 0.387 e. The van der Waals surface area contributed by atoms with Gasteiger partial charge in [-0.2, -0.15) is 8.78 Å². The fourth-order valence-electron chi connectivity index (χ4n) is 2.32. The van der Waals surface area contributed by atoms with Crippen molar-refractivity contribution in [2.24, 2.45) is 0 Å². The molecule has 0 aliphatic heterocycles. The van der Waals surface area contributed by atoms with Gasteiger partial charge < -0.3 is 19.5 Å².